The van der Waals surface area contributed by atoms with Crippen molar-refractivity contribution >= 4 is 64.5 Å². The van der Waals surface area contributed by atoms with Crippen LogP contribution < -0.4 is 70.2 Å². The molecular formula is C90H124N16O26S4. The third kappa shape index (κ3) is 28.4. The van der Waals surface area contributed by atoms with E-state index in [9.17, 15) is 54.1 Å². The highest BCUT2D eigenvalue weighted by atomic mass is 32.2. The smallest absolute Gasteiger partial charge is 0.333 e. The summed E-state index contributed by atoms with van der Waals surface area (Å²) < 4.78 is 165. The zero-order valence-electron chi connectivity index (χ0n) is 77.3. The van der Waals surface area contributed by atoms with Crippen molar-refractivity contribution in [3.05, 3.63) is 179 Å². The van der Waals surface area contributed by atoms with Gasteiger partial charge in [0.25, 0.3) is 0 Å². The number of aliphatic hydroxyl groups excluding tert-OH is 4. The van der Waals surface area contributed by atoms with Crippen molar-refractivity contribution in [2.75, 3.05) is 90.4 Å². The summed E-state index contributed by atoms with van der Waals surface area (Å²) in [5, 5.41) is 74.3. The molecule has 16 N–H and O–H groups in total. The van der Waals surface area contributed by atoms with Gasteiger partial charge in [-0.05, 0) is 144 Å². The third-order valence-electron chi connectivity index (χ3n) is 26.1. The Morgan fingerprint density at radius 1 is 0.346 bits per heavy atom. The zero-order chi connectivity index (χ0) is 97.6. The number of benzene rings is 4. The van der Waals surface area contributed by atoms with Gasteiger partial charge in [-0.1, -0.05) is 88.4 Å². The maximum absolute atomic E-state index is 11.0. The first-order chi connectivity index (χ1) is 64.6. The molecule has 0 radical (unpaired) electrons. The molecule has 0 aliphatic heterocycles. The van der Waals surface area contributed by atoms with Crippen molar-refractivity contribution in [2.24, 2.45) is 44.2 Å². The standard InChI is InChI=1S/2C23H32N4O6S.2C22H30N4O7S/c2*1-23(2)11-19(31-3)22(16-6-4-5-7-17(16)23)27-20-10-21(26-13-25-20)33-15-8-14(18(28)9-15)12-32-34(24,29)30;2*1-30-15-5-3-13-4-6-19(31-2)22(17(13)8-15)26-20-10-21(25-12-24-20)33-16-7-14(18(27)9-16)11-32-34(23,28)29/h2*4-7,10,13-15,18-19,22,28H,8-9,11-12H2,1-3H3,(H2,24,29,30)(H,25,26,27);2*3,5,8,10,12,14,16,18-19,22,27H,4,6-7,9,11H2,1-2H3,(H2,23,28,29)(H,24,25,26)/t14-,15+,18-,19+,22-;14-,15+,18-,19-,22+;14-,16+,18-,19+,22-;14-,16+,18-,19-,22+/m0000/s1. The molecule has 4 fully saturated rings. The largest absolute Gasteiger partial charge is 0.497 e. The fourth-order valence-electron chi connectivity index (χ4n) is 19.3. The van der Waals surface area contributed by atoms with Gasteiger partial charge in [-0.15, -0.1) is 0 Å². The van der Waals surface area contributed by atoms with E-state index in [4.69, 9.17) is 67.9 Å². The van der Waals surface area contributed by atoms with Gasteiger partial charge in [0.2, 0.25) is 23.5 Å². The van der Waals surface area contributed by atoms with Crippen LogP contribution in [0.3, 0.4) is 0 Å². The molecule has 136 heavy (non-hydrogen) atoms. The van der Waals surface area contributed by atoms with Gasteiger partial charge < -0.3 is 89.1 Å². The van der Waals surface area contributed by atoms with Gasteiger partial charge in [0, 0.05) is 102 Å². The number of nitrogens with one attached hydrogen (secondary N) is 4. The lowest BCUT2D eigenvalue weighted by atomic mass is 9.69. The summed E-state index contributed by atoms with van der Waals surface area (Å²) in [6.45, 7) is 8.13. The second-order valence-electron chi connectivity index (χ2n) is 36.4. The first-order valence-electron chi connectivity index (χ1n) is 44.7. The lowest BCUT2D eigenvalue weighted by Gasteiger charge is -2.42. The summed E-state index contributed by atoms with van der Waals surface area (Å²) in [5.74, 6) is 3.69. The van der Waals surface area contributed by atoms with Crippen molar-refractivity contribution in [3.63, 3.8) is 0 Å². The van der Waals surface area contributed by atoms with Gasteiger partial charge in [-0.2, -0.15) is 33.7 Å². The molecule has 4 aromatic carbocycles. The topological polar surface area (TPSA) is 602 Å². The van der Waals surface area contributed by atoms with Crippen LogP contribution in [0.15, 0.2) is 135 Å². The molecule has 4 saturated carbocycles. The van der Waals surface area contributed by atoms with Crippen LogP contribution in [0.1, 0.15) is 173 Å². The second-order valence-corrected chi connectivity index (χ2v) is 41.3. The number of aliphatic hydroxyl groups is 4. The fourth-order valence-corrected chi connectivity index (χ4v) is 20.8. The van der Waals surface area contributed by atoms with E-state index >= 15 is 0 Å². The second kappa shape index (κ2) is 45.5. The highest BCUT2D eigenvalue weighted by molar-refractivity contribution is 7.85. The lowest BCUT2D eigenvalue weighted by molar-refractivity contribution is 0.0531. The van der Waals surface area contributed by atoms with E-state index in [0.717, 1.165) is 61.2 Å². The predicted octanol–water partition coefficient (Wildman–Crippen LogP) is 6.81. The molecule has 8 aliphatic carbocycles. The number of hydrogen-bond acceptors (Lipinski definition) is 38. The highest BCUT2D eigenvalue weighted by Gasteiger charge is 2.45. The van der Waals surface area contributed by atoms with E-state index in [1.807, 2.05) is 36.4 Å². The van der Waals surface area contributed by atoms with Gasteiger partial charge in [-0.25, -0.2) is 60.4 Å². The first kappa shape index (κ1) is 104. The quantitative estimate of drug-likeness (QED) is 0.0197. The Morgan fingerprint density at radius 3 is 0.868 bits per heavy atom. The fraction of sp³-hybridized carbons (Fsp3) is 0.556. The Hall–Kier alpha value is -9.64. The van der Waals surface area contributed by atoms with Crippen molar-refractivity contribution < 1.29 is 118 Å². The van der Waals surface area contributed by atoms with Crippen molar-refractivity contribution in [3.8, 4) is 35.0 Å². The number of ether oxygens (including phenoxy) is 10. The number of aromatic nitrogens is 8. The summed E-state index contributed by atoms with van der Waals surface area (Å²) in [5.41, 5.74) is 9.51. The highest BCUT2D eigenvalue weighted by Crippen LogP contribution is 2.48. The minimum absolute atomic E-state index is 0.0117. The number of nitrogens with two attached hydrogens (primary N) is 4. The van der Waals surface area contributed by atoms with Gasteiger partial charge in [-0.3, -0.25) is 16.7 Å². The first-order valence-corrected chi connectivity index (χ1v) is 50.6. The van der Waals surface area contributed by atoms with E-state index < -0.39 is 89.3 Å². The Labute approximate surface area is 792 Å². The minimum Gasteiger partial charge on any atom is -0.497 e. The zero-order valence-corrected chi connectivity index (χ0v) is 80.5. The molecule has 744 valence electrons. The number of methoxy groups -OCH3 is 6. The monoisotopic (exact) mass is 1970 g/mol. The molecule has 8 aliphatic rings. The number of hydrogen-bond donors (Lipinski definition) is 12. The molecule has 8 aromatic rings. The molecule has 16 rings (SSSR count). The van der Waals surface area contributed by atoms with Gasteiger partial charge in [0.1, 0.15) is 84.5 Å². The van der Waals surface area contributed by atoms with E-state index in [1.165, 1.54) is 58.7 Å². The third-order valence-corrected chi connectivity index (χ3v) is 28.0. The Morgan fingerprint density at radius 2 is 0.610 bits per heavy atom. The maximum Gasteiger partial charge on any atom is 0.333 e. The van der Waals surface area contributed by atoms with Crippen LogP contribution in [-0.4, -0.2) is 236 Å². The van der Waals surface area contributed by atoms with Crippen LogP contribution in [0.2, 0.25) is 0 Å². The SMILES string of the molecule is CO[C@@H]1CC(C)(C)c2ccccc2[C@@H]1Nc1cc(O[C@@H]2C[C@@H](COS(N)(=O)=O)[C@@H](O)C2)ncn1.CO[C@H]1CC(C)(C)c2ccccc2[C@H]1Nc1cc(O[C@@H]2C[C@@H](COS(N)(=O)=O)[C@@H](O)C2)ncn1.COc1ccc2c(c1)[C@@H](Nc1cc(O[C@@H]3C[C@@H](COS(N)(=O)=O)[C@@H](O)C3)ncn1)[C@@H](OC)CC2.COc1ccc2c(c1)[C@H](Nc1cc(O[C@@H]3C[C@@H](COS(N)(=O)=O)[C@@H](O)C3)ncn1)[C@H](OC)CC2. The summed E-state index contributed by atoms with van der Waals surface area (Å²) in [6, 6.07) is 35.2. The summed E-state index contributed by atoms with van der Waals surface area (Å²) in [7, 11) is -6.13. The number of fused-ring (bicyclic) bond motifs is 4. The molecule has 42 nitrogen and oxygen atoms in total. The minimum atomic E-state index is -4.06. The molecular weight excluding hydrogens is 1850 g/mol. The van der Waals surface area contributed by atoms with Crippen LogP contribution in [-0.2, 0) is 101 Å². The van der Waals surface area contributed by atoms with E-state index in [2.05, 4.69) is 154 Å². The van der Waals surface area contributed by atoms with Gasteiger partial charge in [0.15, 0.2) is 0 Å². The summed E-state index contributed by atoms with van der Waals surface area (Å²) in [4.78, 5) is 34.2. The van der Waals surface area contributed by atoms with Crippen LogP contribution in [0, 0.1) is 23.7 Å². The number of aryl methyl sites for hydroxylation is 2. The Kier molecular flexibility index (Phi) is 34.7. The van der Waals surface area contributed by atoms with E-state index in [0.29, 0.717) is 98.2 Å². The van der Waals surface area contributed by atoms with E-state index in [1.54, 1.807) is 66.9 Å². The maximum atomic E-state index is 11.0. The molecule has 0 amide bonds. The number of rotatable bonds is 34. The Bertz CT molecular complexity index is 5470. The van der Waals surface area contributed by atoms with Crippen molar-refractivity contribution in [1.82, 2.24) is 39.9 Å². The van der Waals surface area contributed by atoms with Crippen LogP contribution in [0.25, 0.3) is 0 Å². The molecule has 0 bridgehead atoms. The van der Waals surface area contributed by atoms with Crippen LogP contribution in [0.5, 0.6) is 35.0 Å². The average Bonchev–Trinajstić information content (AvgIpc) is 1.73. The van der Waals surface area contributed by atoms with Crippen LogP contribution in [0.4, 0.5) is 23.3 Å². The Balaban J connectivity index is 0.000000153. The molecule has 0 unspecified atom stereocenters. The van der Waals surface area contributed by atoms with Gasteiger partial charge in [0.05, 0.1) is 114 Å². The van der Waals surface area contributed by atoms with Gasteiger partial charge >= 0.3 is 41.2 Å². The molecule has 4 heterocycles. The number of anilines is 4. The molecule has 0 spiro atoms. The molecule has 20 atom stereocenters. The normalized spacial score (nSPS) is 27.5. The number of nitrogens with zero attached hydrogens (tertiary/aromatic N) is 8. The van der Waals surface area contributed by atoms with E-state index in [-0.39, 0.29) is 110 Å². The molecule has 0 saturated heterocycles. The summed E-state index contributed by atoms with van der Waals surface area (Å²) in [6.07, 6.45) is 9.28. The van der Waals surface area contributed by atoms with Crippen molar-refractivity contribution in [1.29, 1.82) is 0 Å². The van der Waals surface area contributed by atoms with Crippen LogP contribution >= 0.6 is 0 Å². The summed E-state index contributed by atoms with van der Waals surface area (Å²) >= 11 is 0. The average molecular weight is 1970 g/mol. The predicted molar refractivity (Wildman–Crippen MR) is 496 cm³/mol. The van der Waals surface area contributed by atoms with Crippen molar-refractivity contribution in [2.45, 2.75) is 226 Å². The molecule has 4 aromatic heterocycles. The lowest BCUT2D eigenvalue weighted by Crippen LogP contribution is -2.40. The molecule has 46 heteroatoms.